The van der Waals surface area contributed by atoms with Gasteiger partial charge in [-0.2, -0.15) is 11.8 Å². The Bertz CT molecular complexity index is 344. The van der Waals surface area contributed by atoms with Gasteiger partial charge < -0.3 is 4.90 Å². The number of hydrogen-bond donors (Lipinski definition) is 0. The monoisotopic (exact) mass is 277 g/mol. The van der Waals surface area contributed by atoms with Crippen LogP contribution >= 0.6 is 35.0 Å². The Morgan fingerprint density at radius 3 is 2.69 bits per heavy atom. The zero-order valence-corrected chi connectivity index (χ0v) is 12.2. The van der Waals surface area contributed by atoms with Gasteiger partial charge in [0.05, 0.1) is 10.7 Å². The van der Waals surface area contributed by atoms with Crippen LogP contribution in [0.5, 0.6) is 0 Å². The minimum Gasteiger partial charge on any atom is -0.370 e. The van der Waals surface area contributed by atoms with Crippen LogP contribution in [0.3, 0.4) is 0 Å². The number of para-hydroxylation sites is 1. The Balaban J connectivity index is 3.01. The second kappa shape index (κ2) is 6.63. The molecule has 0 radical (unpaired) electrons. The molecule has 0 saturated carbocycles. The highest BCUT2D eigenvalue weighted by Gasteiger charge is 2.15. The molecule has 90 valence electrons. The number of hydrogen-bond acceptors (Lipinski definition) is 2. The first kappa shape index (κ1) is 14.0. The fraction of sp³-hybridized carbons (Fsp3) is 0.500. The number of benzene rings is 1. The maximum absolute atomic E-state index is 6.24. The number of anilines is 1. The van der Waals surface area contributed by atoms with Gasteiger partial charge in [-0.3, -0.25) is 0 Å². The predicted molar refractivity (Wildman–Crippen MR) is 77.3 cm³/mol. The van der Waals surface area contributed by atoms with Gasteiger partial charge in [0.2, 0.25) is 0 Å². The average molecular weight is 278 g/mol. The zero-order valence-electron chi connectivity index (χ0n) is 9.84. The van der Waals surface area contributed by atoms with Crippen molar-refractivity contribution in [3.8, 4) is 0 Å². The van der Waals surface area contributed by atoms with Gasteiger partial charge in [-0.15, -0.1) is 11.6 Å². The zero-order chi connectivity index (χ0) is 12.1. The third-order valence-electron chi connectivity index (χ3n) is 2.64. The second-order valence-corrected chi connectivity index (χ2v) is 5.38. The van der Waals surface area contributed by atoms with Crippen LogP contribution < -0.4 is 4.90 Å². The third kappa shape index (κ3) is 3.22. The van der Waals surface area contributed by atoms with E-state index in [9.17, 15) is 0 Å². The molecule has 0 bridgehead atoms. The number of rotatable bonds is 5. The second-order valence-electron chi connectivity index (χ2n) is 3.80. The van der Waals surface area contributed by atoms with Crippen molar-refractivity contribution in [2.75, 3.05) is 24.0 Å². The number of alkyl halides is 1. The van der Waals surface area contributed by atoms with Crippen LogP contribution in [0, 0.1) is 0 Å². The molecule has 0 amide bonds. The van der Waals surface area contributed by atoms with Crippen molar-refractivity contribution in [2.24, 2.45) is 0 Å². The van der Waals surface area contributed by atoms with Crippen molar-refractivity contribution < 1.29 is 0 Å². The Hall–Kier alpha value is -0.0500. The molecule has 0 saturated heterocycles. The van der Waals surface area contributed by atoms with Crippen molar-refractivity contribution in [3.05, 3.63) is 28.8 Å². The molecule has 0 heterocycles. The van der Waals surface area contributed by atoms with Crippen LogP contribution in [0.25, 0.3) is 0 Å². The van der Waals surface area contributed by atoms with E-state index < -0.39 is 0 Å². The van der Waals surface area contributed by atoms with E-state index in [2.05, 4.69) is 25.1 Å². The summed E-state index contributed by atoms with van der Waals surface area (Å²) in [5.74, 6) is 1.57. The lowest BCUT2D eigenvalue weighted by Gasteiger charge is -2.29. The molecule has 1 atom stereocenters. The van der Waals surface area contributed by atoms with Gasteiger partial charge in [0.25, 0.3) is 0 Å². The number of halogens is 2. The van der Waals surface area contributed by atoms with E-state index in [1.165, 1.54) is 0 Å². The van der Waals surface area contributed by atoms with Crippen molar-refractivity contribution in [3.63, 3.8) is 0 Å². The van der Waals surface area contributed by atoms with Gasteiger partial charge in [0.15, 0.2) is 0 Å². The molecule has 16 heavy (non-hydrogen) atoms. The highest BCUT2D eigenvalue weighted by atomic mass is 35.5. The van der Waals surface area contributed by atoms with Gasteiger partial charge in [-0.1, -0.05) is 23.7 Å². The standard InChI is InChI=1S/C12H17Cl2NS/c1-9(8-16-3)15(2)12-10(7-13)5-4-6-11(12)14/h4-6,9H,7-8H2,1-3H3. The molecule has 1 aromatic carbocycles. The molecule has 1 rings (SSSR count). The Morgan fingerprint density at radius 1 is 1.44 bits per heavy atom. The van der Waals surface area contributed by atoms with Gasteiger partial charge >= 0.3 is 0 Å². The lowest BCUT2D eigenvalue weighted by Crippen LogP contribution is -2.31. The van der Waals surface area contributed by atoms with E-state index in [1.807, 2.05) is 30.0 Å². The number of nitrogens with zero attached hydrogens (tertiary/aromatic N) is 1. The topological polar surface area (TPSA) is 3.24 Å². The quantitative estimate of drug-likeness (QED) is 0.740. The molecule has 0 aliphatic carbocycles. The van der Waals surface area contributed by atoms with Crippen molar-refractivity contribution in [2.45, 2.75) is 18.8 Å². The summed E-state index contributed by atoms with van der Waals surface area (Å²) in [4.78, 5) is 2.20. The first-order valence-electron chi connectivity index (χ1n) is 5.17. The van der Waals surface area contributed by atoms with Gasteiger partial charge in [0.1, 0.15) is 0 Å². The summed E-state index contributed by atoms with van der Waals surface area (Å²) in [7, 11) is 2.07. The van der Waals surface area contributed by atoms with Gasteiger partial charge in [0, 0.05) is 24.7 Å². The van der Waals surface area contributed by atoms with E-state index in [1.54, 1.807) is 0 Å². The van der Waals surface area contributed by atoms with E-state index in [0.29, 0.717) is 11.9 Å². The summed E-state index contributed by atoms with van der Waals surface area (Å²) in [6.07, 6.45) is 2.11. The van der Waals surface area contributed by atoms with Gasteiger partial charge in [-0.25, -0.2) is 0 Å². The van der Waals surface area contributed by atoms with E-state index in [4.69, 9.17) is 23.2 Å². The van der Waals surface area contributed by atoms with Crippen molar-refractivity contribution >= 4 is 40.7 Å². The lowest BCUT2D eigenvalue weighted by atomic mass is 10.1. The summed E-state index contributed by atoms with van der Waals surface area (Å²) in [6, 6.07) is 6.32. The SMILES string of the molecule is CSCC(C)N(C)c1c(Cl)cccc1CCl. The molecule has 1 aromatic rings. The van der Waals surface area contributed by atoms with Crippen LogP contribution in [0.15, 0.2) is 18.2 Å². The molecule has 0 N–H and O–H groups in total. The summed E-state index contributed by atoms with van der Waals surface area (Å²) >= 11 is 14.0. The molecule has 1 unspecified atom stereocenters. The maximum atomic E-state index is 6.24. The lowest BCUT2D eigenvalue weighted by molar-refractivity contribution is 0.762. The van der Waals surface area contributed by atoms with Crippen molar-refractivity contribution in [1.82, 2.24) is 0 Å². The minimum absolute atomic E-state index is 0.442. The Morgan fingerprint density at radius 2 is 2.12 bits per heavy atom. The predicted octanol–water partition coefficient (Wildman–Crippen LogP) is 4.27. The summed E-state index contributed by atoms with van der Waals surface area (Å²) in [6.45, 7) is 2.19. The first-order chi connectivity index (χ1) is 7.61. The van der Waals surface area contributed by atoms with Crippen LogP contribution in [0.4, 0.5) is 5.69 Å². The highest BCUT2D eigenvalue weighted by Crippen LogP contribution is 2.31. The highest BCUT2D eigenvalue weighted by molar-refractivity contribution is 7.98. The van der Waals surface area contributed by atoms with E-state index in [0.717, 1.165) is 22.0 Å². The van der Waals surface area contributed by atoms with Crippen molar-refractivity contribution in [1.29, 1.82) is 0 Å². The first-order valence-corrected chi connectivity index (χ1v) is 7.47. The minimum atomic E-state index is 0.442. The Labute approximate surface area is 112 Å². The average Bonchev–Trinajstić information content (AvgIpc) is 2.28. The van der Waals surface area contributed by atoms with E-state index >= 15 is 0 Å². The molecule has 0 fully saturated rings. The largest absolute Gasteiger partial charge is 0.370 e. The summed E-state index contributed by atoms with van der Waals surface area (Å²) < 4.78 is 0. The normalized spacial score (nSPS) is 12.6. The molecule has 4 heteroatoms. The molecular weight excluding hydrogens is 261 g/mol. The summed E-state index contributed by atoms with van der Waals surface area (Å²) in [5.41, 5.74) is 2.14. The van der Waals surface area contributed by atoms with Crippen LogP contribution in [-0.4, -0.2) is 25.1 Å². The number of thioether (sulfide) groups is 1. The smallest absolute Gasteiger partial charge is 0.0642 e. The molecule has 0 spiro atoms. The molecule has 0 aromatic heterocycles. The molecular formula is C12H17Cl2NS. The summed E-state index contributed by atoms with van der Waals surface area (Å²) in [5, 5.41) is 0.772. The fourth-order valence-corrected chi connectivity index (χ4v) is 2.89. The van der Waals surface area contributed by atoms with Crippen LogP contribution in [-0.2, 0) is 5.88 Å². The molecule has 0 aliphatic rings. The Kier molecular flexibility index (Phi) is 5.81. The van der Waals surface area contributed by atoms with E-state index in [-0.39, 0.29) is 0 Å². The van der Waals surface area contributed by atoms with Gasteiger partial charge in [-0.05, 0) is 24.8 Å². The molecule has 1 nitrogen and oxygen atoms in total. The van der Waals surface area contributed by atoms with Crippen LogP contribution in [0.1, 0.15) is 12.5 Å². The third-order valence-corrected chi connectivity index (χ3v) is 4.04. The maximum Gasteiger partial charge on any atom is 0.0642 e. The molecule has 0 aliphatic heterocycles. The fourth-order valence-electron chi connectivity index (χ4n) is 1.64. The van der Waals surface area contributed by atoms with Crippen LogP contribution in [0.2, 0.25) is 5.02 Å².